The lowest BCUT2D eigenvalue weighted by Gasteiger charge is -2.55. The zero-order valence-corrected chi connectivity index (χ0v) is 13.7. The monoisotopic (exact) mass is 341 g/mol. The summed E-state index contributed by atoms with van der Waals surface area (Å²) < 4.78 is 1.34. The summed E-state index contributed by atoms with van der Waals surface area (Å²) in [5.74, 6) is 2.16. The molecule has 6 rings (SSSR count). The highest BCUT2D eigenvalue weighted by Crippen LogP contribution is 2.60. The molecule has 25 heavy (non-hydrogen) atoms. The highest BCUT2D eigenvalue weighted by atomic mass is 16.6. The lowest BCUT2D eigenvalue weighted by atomic mass is 9.49. The molecule has 2 aromatic heterocycles. The number of anilines is 1. The van der Waals surface area contributed by atoms with E-state index in [0.29, 0.717) is 17.8 Å². The number of carbonyl (C=O) groups is 1. The Balaban J connectivity index is 1.44. The SMILES string of the molecule is O=C(Nc1nc2c([N+](=O)[O-])cccn2n1)C12CC3CC(CC(C3)C1)C2. The average molecular weight is 341 g/mol. The van der Waals surface area contributed by atoms with Gasteiger partial charge in [-0.25, -0.2) is 4.52 Å². The van der Waals surface area contributed by atoms with Crippen LogP contribution in [0.5, 0.6) is 0 Å². The number of rotatable bonds is 3. The Morgan fingerprint density at radius 2 is 1.88 bits per heavy atom. The summed E-state index contributed by atoms with van der Waals surface area (Å²) in [5, 5.41) is 18.2. The highest BCUT2D eigenvalue weighted by molar-refractivity contribution is 5.94. The Labute approximate surface area is 143 Å². The van der Waals surface area contributed by atoms with Crippen LogP contribution >= 0.6 is 0 Å². The lowest BCUT2D eigenvalue weighted by molar-refractivity contribution is -0.383. The molecule has 1 amide bonds. The van der Waals surface area contributed by atoms with Crippen LogP contribution in [0.4, 0.5) is 11.6 Å². The minimum Gasteiger partial charge on any atom is -0.293 e. The Hall–Kier alpha value is -2.51. The van der Waals surface area contributed by atoms with Crippen LogP contribution in [0.15, 0.2) is 18.3 Å². The molecule has 0 aliphatic heterocycles. The molecule has 8 heteroatoms. The molecule has 0 atom stereocenters. The van der Waals surface area contributed by atoms with Gasteiger partial charge in [0.15, 0.2) is 0 Å². The van der Waals surface area contributed by atoms with Gasteiger partial charge < -0.3 is 0 Å². The summed E-state index contributed by atoms with van der Waals surface area (Å²) in [6, 6.07) is 2.93. The van der Waals surface area contributed by atoms with Gasteiger partial charge in [0.25, 0.3) is 0 Å². The zero-order chi connectivity index (χ0) is 17.2. The Morgan fingerprint density at radius 3 is 2.48 bits per heavy atom. The van der Waals surface area contributed by atoms with Crippen molar-refractivity contribution >= 4 is 23.2 Å². The Morgan fingerprint density at radius 1 is 1.24 bits per heavy atom. The van der Waals surface area contributed by atoms with Gasteiger partial charge in [0, 0.05) is 12.3 Å². The average Bonchev–Trinajstić information content (AvgIpc) is 2.95. The number of hydrogen-bond acceptors (Lipinski definition) is 5. The maximum Gasteiger partial charge on any atom is 0.313 e. The normalized spacial score (nSPS) is 32.9. The van der Waals surface area contributed by atoms with Gasteiger partial charge in [-0.1, -0.05) is 0 Å². The van der Waals surface area contributed by atoms with Crippen LogP contribution in [-0.2, 0) is 4.79 Å². The van der Waals surface area contributed by atoms with Crippen LogP contribution in [0.25, 0.3) is 5.65 Å². The third-order valence-electron chi connectivity index (χ3n) is 6.28. The van der Waals surface area contributed by atoms with Gasteiger partial charge >= 0.3 is 5.69 Å². The summed E-state index contributed by atoms with van der Waals surface area (Å²) >= 11 is 0. The van der Waals surface area contributed by atoms with Crippen molar-refractivity contribution < 1.29 is 9.72 Å². The molecular weight excluding hydrogens is 322 g/mol. The number of nitro groups is 1. The molecule has 0 saturated heterocycles. The Kier molecular flexibility index (Phi) is 2.96. The predicted octanol–water partition coefficient (Wildman–Crippen LogP) is 2.79. The van der Waals surface area contributed by atoms with E-state index in [4.69, 9.17) is 0 Å². The number of hydrogen-bond donors (Lipinski definition) is 1. The molecule has 0 spiro atoms. The van der Waals surface area contributed by atoms with Crippen LogP contribution in [0.1, 0.15) is 38.5 Å². The standard InChI is InChI=1S/C17H19N5O3/c23-15(17-7-10-4-11(8-17)6-12(5-10)9-17)19-16-18-14-13(22(24)25)2-1-3-21(14)20-16/h1-3,10-12H,4-9H2,(H,19,20,23). The molecule has 4 aliphatic carbocycles. The highest BCUT2D eigenvalue weighted by Gasteiger charge is 2.54. The van der Waals surface area contributed by atoms with Crippen molar-refractivity contribution in [3.05, 3.63) is 28.4 Å². The summed E-state index contributed by atoms with van der Waals surface area (Å²) in [7, 11) is 0. The maximum atomic E-state index is 13.0. The van der Waals surface area contributed by atoms with Crippen molar-refractivity contribution in [2.75, 3.05) is 5.32 Å². The zero-order valence-electron chi connectivity index (χ0n) is 13.7. The van der Waals surface area contributed by atoms with Gasteiger partial charge in [-0.05, 0) is 62.3 Å². The van der Waals surface area contributed by atoms with E-state index in [0.717, 1.165) is 19.3 Å². The van der Waals surface area contributed by atoms with E-state index >= 15 is 0 Å². The molecule has 0 aromatic carbocycles. The van der Waals surface area contributed by atoms with Gasteiger partial charge in [0.2, 0.25) is 17.5 Å². The second-order valence-corrected chi connectivity index (χ2v) is 8.01. The van der Waals surface area contributed by atoms with Gasteiger partial charge in [0.05, 0.1) is 10.3 Å². The van der Waals surface area contributed by atoms with Gasteiger partial charge in [-0.2, -0.15) is 4.98 Å². The van der Waals surface area contributed by atoms with E-state index in [1.54, 1.807) is 12.3 Å². The minimum absolute atomic E-state index is 0.00911. The second-order valence-electron chi connectivity index (χ2n) is 8.01. The van der Waals surface area contributed by atoms with E-state index in [-0.39, 0.29) is 28.6 Å². The molecular formula is C17H19N5O3. The molecule has 4 aliphatic rings. The number of carbonyl (C=O) groups excluding carboxylic acids is 1. The van der Waals surface area contributed by atoms with Crippen LogP contribution in [0.2, 0.25) is 0 Å². The molecule has 4 fully saturated rings. The van der Waals surface area contributed by atoms with Crippen LogP contribution < -0.4 is 5.32 Å². The van der Waals surface area contributed by atoms with Gasteiger partial charge in [-0.15, -0.1) is 5.10 Å². The first-order valence-electron chi connectivity index (χ1n) is 8.84. The smallest absolute Gasteiger partial charge is 0.293 e. The number of nitrogens with zero attached hydrogens (tertiary/aromatic N) is 4. The minimum atomic E-state index is -0.491. The van der Waals surface area contributed by atoms with Gasteiger partial charge in [-0.3, -0.25) is 20.2 Å². The summed E-state index contributed by atoms with van der Waals surface area (Å²) in [4.78, 5) is 27.8. The predicted molar refractivity (Wildman–Crippen MR) is 88.9 cm³/mol. The second kappa shape index (κ2) is 5.00. The van der Waals surface area contributed by atoms with E-state index in [1.807, 2.05) is 0 Å². The third kappa shape index (κ3) is 2.23. The molecule has 130 valence electrons. The first-order chi connectivity index (χ1) is 12.0. The summed E-state index contributed by atoms with van der Waals surface area (Å²) in [6.45, 7) is 0. The number of amides is 1. The van der Waals surface area contributed by atoms with Crippen molar-refractivity contribution in [3.63, 3.8) is 0 Å². The van der Waals surface area contributed by atoms with Crippen LogP contribution in [0, 0.1) is 33.3 Å². The van der Waals surface area contributed by atoms with Crippen molar-refractivity contribution in [3.8, 4) is 0 Å². The van der Waals surface area contributed by atoms with Crippen molar-refractivity contribution in [1.82, 2.24) is 14.6 Å². The van der Waals surface area contributed by atoms with Crippen molar-refractivity contribution in [2.45, 2.75) is 38.5 Å². The summed E-state index contributed by atoms with van der Waals surface area (Å²) in [6.07, 6.45) is 8.27. The topological polar surface area (TPSA) is 102 Å². The van der Waals surface area contributed by atoms with E-state index < -0.39 is 4.92 Å². The van der Waals surface area contributed by atoms with Crippen molar-refractivity contribution in [1.29, 1.82) is 0 Å². The molecule has 0 unspecified atom stereocenters. The third-order valence-corrected chi connectivity index (χ3v) is 6.28. The van der Waals surface area contributed by atoms with E-state index in [9.17, 15) is 14.9 Å². The number of pyridine rings is 1. The summed E-state index contributed by atoms with van der Waals surface area (Å²) in [5.41, 5.74) is -0.267. The molecule has 0 radical (unpaired) electrons. The fourth-order valence-electron chi connectivity index (χ4n) is 5.71. The van der Waals surface area contributed by atoms with Crippen LogP contribution in [0.3, 0.4) is 0 Å². The number of nitrogens with one attached hydrogen (secondary N) is 1. The maximum absolute atomic E-state index is 13.0. The molecule has 2 aromatic rings. The Bertz CT molecular complexity index is 854. The fraction of sp³-hybridized carbons (Fsp3) is 0.588. The molecule has 4 saturated carbocycles. The quantitative estimate of drug-likeness (QED) is 0.683. The van der Waals surface area contributed by atoms with Crippen LogP contribution in [-0.4, -0.2) is 25.4 Å². The van der Waals surface area contributed by atoms with Crippen molar-refractivity contribution in [2.24, 2.45) is 23.2 Å². The molecule has 4 bridgehead atoms. The number of fused-ring (bicyclic) bond motifs is 1. The number of aromatic nitrogens is 3. The fourth-order valence-corrected chi connectivity index (χ4v) is 5.71. The first kappa shape index (κ1) is 14.8. The molecule has 8 nitrogen and oxygen atoms in total. The molecule has 2 heterocycles. The largest absolute Gasteiger partial charge is 0.313 e. The van der Waals surface area contributed by atoms with E-state index in [1.165, 1.54) is 29.8 Å². The lowest BCUT2D eigenvalue weighted by Crippen LogP contribution is -2.51. The van der Waals surface area contributed by atoms with E-state index in [2.05, 4.69) is 15.4 Å². The van der Waals surface area contributed by atoms with Gasteiger partial charge in [0.1, 0.15) is 0 Å². The first-order valence-corrected chi connectivity index (χ1v) is 8.84. The molecule has 1 N–H and O–H groups in total.